The number of piperidine rings is 1. The van der Waals surface area contributed by atoms with E-state index in [1.807, 2.05) is 6.07 Å². The summed E-state index contributed by atoms with van der Waals surface area (Å²) in [7, 11) is -3.67. The third-order valence-corrected chi connectivity index (χ3v) is 5.59. The Morgan fingerprint density at radius 3 is 2.81 bits per heavy atom. The molecular formula is C15H21N3O2S. The van der Waals surface area contributed by atoms with Gasteiger partial charge < -0.3 is 5.32 Å². The fourth-order valence-electron chi connectivity index (χ4n) is 2.68. The van der Waals surface area contributed by atoms with E-state index in [0.717, 1.165) is 19.4 Å². The number of sulfonamides is 1. The summed E-state index contributed by atoms with van der Waals surface area (Å²) in [5.74, 6) is 0. The Labute approximate surface area is 126 Å². The van der Waals surface area contributed by atoms with E-state index < -0.39 is 10.0 Å². The number of hydrogen-bond donors (Lipinski definition) is 2. The van der Waals surface area contributed by atoms with E-state index in [1.54, 1.807) is 12.1 Å². The molecule has 0 spiro atoms. The first-order chi connectivity index (χ1) is 9.87. The van der Waals surface area contributed by atoms with E-state index in [9.17, 15) is 8.42 Å². The van der Waals surface area contributed by atoms with Crippen molar-refractivity contribution in [1.29, 1.82) is 5.26 Å². The van der Waals surface area contributed by atoms with E-state index in [4.69, 9.17) is 5.26 Å². The summed E-state index contributed by atoms with van der Waals surface area (Å²) < 4.78 is 27.4. The van der Waals surface area contributed by atoms with Crippen LogP contribution in [0.25, 0.3) is 0 Å². The lowest BCUT2D eigenvalue weighted by atomic mass is 9.78. The molecule has 1 saturated heterocycles. The second-order valence-electron chi connectivity index (χ2n) is 6.06. The van der Waals surface area contributed by atoms with Gasteiger partial charge in [0.05, 0.1) is 10.5 Å². The Morgan fingerprint density at radius 1 is 1.43 bits per heavy atom. The first-order valence-electron chi connectivity index (χ1n) is 7.09. The standard InChI is InChI=1S/C15H21N3O2S/c1-15(2)8-5-9-17-14(15)11-18-21(19,20)13-7-4-3-6-12(13)10-16/h3-4,6-7,14,17-18H,5,8-9,11H2,1-2H3. The molecule has 1 fully saturated rings. The van der Waals surface area contributed by atoms with Crippen molar-refractivity contribution in [1.82, 2.24) is 10.0 Å². The van der Waals surface area contributed by atoms with Crippen molar-refractivity contribution in [2.75, 3.05) is 13.1 Å². The van der Waals surface area contributed by atoms with E-state index >= 15 is 0 Å². The van der Waals surface area contributed by atoms with E-state index in [2.05, 4.69) is 23.9 Å². The molecule has 1 atom stereocenters. The molecule has 0 aliphatic carbocycles. The second kappa shape index (κ2) is 6.14. The molecule has 0 radical (unpaired) electrons. The van der Waals surface area contributed by atoms with Gasteiger partial charge in [0.1, 0.15) is 6.07 Å². The lowest BCUT2D eigenvalue weighted by Gasteiger charge is -2.39. The molecule has 1 heterocycles. The third-order valence-electron chi connectivity index (χ3n) is 4.11. The molecule has 0 saturated carbocycles. The van der Waals surface area contributed by atoms with Crippen LogP contribution in [0, 0.1) is 16.7 Å². The molecule has 5 nitrogen and oxygen atoms in total. The number of nitrogens with one attached hydrogen (secondary N) is 2. The molecule has 1 aliphatic rings. The lowest BCUT2D eigenvalue weighted by molar-refractivity contribution is 0.181. The van der Waals surface area contributed by atoms with Gasteiger partial charge in [0.25, 0.3) is 0 Å². The minimum Gasteiger partial charge on any atom is -0.312 e. The summed E-state index contributed by atoms with van der Waals surface area (Å²) in [4.78, 5) is 0.0427. The summed E-state index contributed by atoms with van der Waals surface area (Å²) in [5, 5.41) is 12.4. The maximum atomic E-state index is 12.4. The van der Waals surface area contributed by atoms with Crippen molar-refractivity contribution >= 4 is 10.0 Å². The Hall–Kier alpha value is -1.42. The fourth-order valence-corrected chi connectivity index (χ4v) is 3.89. The fraction of sp³-hybridized carbons (Fsp3) is 0.533. The average molecular weight is 307 g/mol. The maximum absolute atomic E-state index is 12.4. The van der Waals surface area contributed by atoms with Gasteiger partial charge in [-0.3, -0.25) is 0 Å². The number of hydrogen-bond acceptors (Lipinski definition) is 4. The summed E-state index contributed by atoms with van der Waals surface area (Å²) >= 11 is 0. The van der Waals surface area contributed by atoms with Crippen molar-refractivity contribution in [3.05, 3.63) is 29.8 Å². The molecule has 0 bridgehead atoms. The van der Waals surface area contributed by atoms with Crippen LogP contribution in [0.5, 0.6) is 0 Å². The number of nitriles is 1. The SMILES string of the molecule is CC1(C)CCCNC1CNS(=O)(=O)c1ccccc1C#N. The molecule has 1 aliphatic heterocycles. The quantitative estimate of drug-likeness (QED) is 0.885. The van der Waals surface area contributed by atoms with Crippen LogP contribution in [0.2, 0.25) is 0 Å². The first kappa shape index (κ1) is 16.0. The minimum absolute atomic E-state index is 0.0427. The first-order valence-corrected chi connectivity index (χ1v) is 8.57. The molecule has 2 N–H and O–H groups in total. The predicted molar refractivity (Wildman–Crippen MR) is 81.2 cm³/mol. The minimum atomic E-state index is -3.67. The highest BCUT2D eigenvalue weighted by atomic mass is 32.2. The number of rotatable bonds is 4. The Kier molecular flexibility index (Phi) is 4.67. The Morgan fingerprint density at radius 2 is 2.14 bits per heavy atom. The lowest BCUT2D eigenvalue weighted by Crippen LogP contribution is -2.52. The predicted octanol–water partition coefficient (Wildman–Crippen LogP) is 1.61. The highest BCUT2D eigenvalue weighted by Crippen LogP contribution is 2.29. The molecule has 1 unspecified atom stereocenters. The van der Waals surface area contributed by atoms with Gasteiger partial charge in [-0.05, 0) is 36.9 Å². The zero-order valence-corrected chi connectivity index (χ0v) is 13.2. The van der Waals surface area contributed by atoms with Crippen molar-refractivity contribution in [3.8, 4) is 6.07 Å². The van der Waals surface area contributed by atoms with Crippen molar-refractivity contribution < 1.29 is 8.42 Å². The van der Waals surface area contributed by atoms with Crippen LogP contribution in [0.15, 0.2) is 29.2 Å². The van der Waals surface area contributed by atoms with Gasteiger partial charge >= 0.3 is 0 Å². The summed E-state index contributed by atoms with van der Waals surface area (Å²) in [6, 6.07) is 8.26. The van der Waals surface area contributed by atoms with Crippen LogP contribution in [0.1, 0.15) is 32.3 Å². The maximum Gasteiger partial charge on any atom is 0.241 e. The molecule has 1 aromatic rings. The van der Waals surface area contributed by atoms with Gasteiger partial charge in [0.15, 0.2) is 0 Å². The normalized spacial score (nSPS) is 21.7. The number of benzene rings is 1. The largest absolute Gasteiger partial charge is 0.312 e. The van der Waals surface area contributed by atoms with Crippen LogP contribution in [-0.2, 0) is 10.0 Å². The molecule has 1 aromatic carbocycles. The Balaban J connectivity index is 2.13. The van der Waals surface area contributed by atoms with Crippen LogP contribution in [0.3, 0.4) is 0 Å². The molecule has 2 rings (SSSR count). The van der Waals surface area contributed by atoms with Crippen LogP contribution in [-0.4, -0.2) is 27.5 Å². The van der Waals surface area contributed by atoms with E-state index in [0.29, 0.717) is 6.54 Å². The van der Waals surface area contributed by atoms with E-state index in [1.165, 1.54) is 12.1 Å². The average Bonchev–Trinajstić information content (AvgIpc) is 2.45. The van der Waals surface area contributed by atoms with Gasteiger partial charge in [0.2, 0.25) is 10.0 Å². The topological polar surface area (TPSA) is 82.0 Å². The van der Waals surface area contributed by atoms with Crippen molar-refractivity contribution in [2.24, 2.45) is 5.41 Å². The highest BCUT2D eigenvalue weighted by Gasteiger charge is 2.33. The smallest absolute Gasteiger partial charge is 0.241 e. The van der Waals surface area contributed by atoms with Gasteiger partial charge in [-0.2, -0.15) is 5.26 Å². The van der Waals surface area contributed by atoms with Crippen LogP contribution < -0.4 is 10.0 Å². The Bertz CT molecular complexity index is 647. The monoisotopic (exact) mass is 307 g/mol. The number of nitrogens with zero attached hydrogens (tertiary/aromatic N) is 1. The van der Waals surface area contributed by atoms with Crippen molar-refractivity contribution in [3.63, 3.8) is 0 Å². The third kappa shape index (κ3) is 3.62. The summed E-state index contributed by atoms with van der Waals surface area (Å²) in [6.45, 7) is 5.52. The molecule has 0 aromatic heterocycles. The molecular weight excluding hydrogens is 286 g/mol. The molecule has 21 heavy (non-hydrogen) atoms. The highest BCUT2D eigenvalue weighted by molar-refractivity contribution is 7.89. The van der Waals surface area contributed by atoms with Gasteiger partial charge in [-0.1, -0.05) is 26.0 Å². The van der Waals surface area contributed by atoms with Crippen LogP contribution >= 0.6 is 0 Å². The van der Waals surface area contributed by atoms with E-state index in [-0.39, 0.29) is 21.9 Å². The van der Waals surface area contributed by atoms with Gasteiger partial charge in [-0.25, -0.2) is 13.1 Å². The summed E-state index contributed by atoms with van der Waals surface area (Å²) in [5.41, 5.74) is 0.219. The van der Waals surface area contributed by atoms with Crippen LogP contribution in [0.4, 0.5) is 0 Å². The molecule has 0 amide bonds. The molecule has 6 heteroatoms. The van der Waals surface area contributed by atoms with Crippen molar-refractivity contribution in [2.45, 2.75) is 37.6 Å². The zero-order valence-electron chi connectivity index (χ0n) is 12.4. The summed E-state index contributed by atoms with van der Waals surface area (Å²) in [6.07, 6.45) is 2.18. The zero-order chi connectivity index (χ0) is 15.5. The van der Waals surface area contributed by atoms with Gasteiger partial charge in [-0.15, -0.1) is 0 Å². The van der Waals surface area contributed by atoms with Gasteiger partial charge in [0, 0.05) is 12.6 Å². The molecule has 114 valence electrons. The second-order valence-corrected chi connectivity index (χ2v) is 7.79.